The molecule has 33 heavy (non-hydrogen) atoms. The number of hydrogen-bond acceptors (Lipinski definition) is 2. The minimum absolute atomic E-state index is 1.23. The second-order valence-electron chi connectivity index (χ2n) is 9.64. The van der Waals surface area contributed by atoms with Crippen LogP contribution in [0.5, 0.6) is 0 Å². The molecule has 0 radical (unpaired) electrons. The van der Waals surface area contributed by atoms with Crippen molar-refractivity contribution in [3.05, 3.63) is 85.7 Å². The van der Waals surface area contributed by atoms with Crippen LogP contribution in [0.2, 0.25) is 13.1 Å². The quantitative estimate of drug-likeness (QED) is 0.342. The average Bonchev–Trinajstić information content (AvgIpc) is 3.59. The molecule has 0 aliphatic rings. The molecule has 4 nitrogen and oxygen atoms in total. The van der Waals surface area contributed by atoms with E-state index in [-0.39, 0.29) is 0 Å². The van der Waals surface area contributed by atoms with Gasteiger partial charge in [0.25, 0.3) is 0 Å². The van der Waals surface area contributed by atoms with Gasteiger partial charge < -0.3 is 8.80 Å². The van der Waals surface area contributed by atoms with Crippen molar-refractivity contribution < 1.29 is 0 Å². The summed E-state index contributed by atoms with van der Waals surface area (Å²) in [5.74, 6) is 0. The van der Waals surface area contributed by atoms with E-state index in [9.17, 15) is 0 Å². The van der Waals surface area contributed by atoms with Gasteiger partial charge in [-0.25, -0.2) is 0 Å². The largest absolute Gasteiger partial charge is 0.315 e. The monoisotopic (exact) mass is 440 g/mol. The van der Waals surface area contributed by atoms with E-state index in [1.807, 2.05) is 24.8 Å². The Morgan fingerprint density at radius 3 is 1.52 bits per heavy atom. The maximum Gasteiger partial charge on any atom is 0.117 e. The molecule has 0 atom stereocenters. The summed E-state index contributed by atoms with van der Waals surface area (Å²) < 4.78 is 4.78. The summed E-state index contributed by atoms with van der Waals surface area (Å²) in [7, 11) is -2.04. The number of pyridine rings is 2. The second-order valence-corrected chi connectivity index (χ2v) is 14.0. The maximum atomic E-state index is 4.38. The molecule has 156 valence electrons. The molecule has 6 aromatic heterocycles. The first-order chi connectivity index (χ1) is 16.1. The standard InChI is InChI=1S/C28H20N4Si/c1-33(2,25-15-31-23-9-11-29-13-21(23)17-5-3-7-19(25)27(17)31)26-16-32-24-10-12-30-14-22(24)18-6-4-8-20(26)28(18)32/h3-16H,1-2H3. The van der Waals surface area contributed by atoms with Crippen LogP contribution in [0.1, 0.15) is 0 Å². The normalized spacial score (nSPS) is 13.2. The van der Waals surface area contributed by atoms with Crippen LogP contribution in [0.15, 0.2) is 85.7 Å². The lowest BCUT2D eigenvalue weighted by molar-refractivity contribution is 1.28. The van der Waals surface area contributed by atoms with Gasteiger partial charge in [0, 0.05) is 69.5 Å². The van der Waals surface area contributed by atoms with Crippen molar-refractivity contribution in [2.24, 2.45) is 0 Å². The van der Waals surface area contributed by atoms with Gasteiger partial charge in [-0.05, 0) is 22.5 Å². The molecule has 8 rings (SSSR count). The number of aromatic nitrogens is 4. The summed E-state index contributed by atoms with van der Waals surface area (Å²) in [5, 5.41) is 10.8. The van der Waals surface area contributed by atoms with Crippen LogP contribution < -0.4 is 10.4 Å². The van der Waals surface area contributed by atoms with Crippen molar-refractivity contribution in [3.63, 3.8) is 0 Å². The van der Waals surface area contributed by atoms with Crippen LogP contribution in [-0.2, 0) is 0 Å². The van der Waals surface area contributed by atoms with Gasteiger partial charge in [0.15, 0.2) is 0 Å². The summed E-state index contributed by atoms with van der Waals surface area (Å²) in [6, 6.07) is 17.7. The zero-order valence-corrected chi connectivity index (χ0v) is 19.4. The lowest BCUT2D eigenvalue weighted by atomic mass is 10.1. The highest BCUT2D eigenvalue weighted by molar-refractivity contribution is 7.03. The van der Waals surface area contributed by atoms with Crippen molar-refractivity contribution in [1.29, 1.82) is 0 Å². The predicted molar refractivity (Wildman–Crippen MR) is 140 cm³/mol. The van der Waals surface area contributed by atoms with Gasteiger partial charge >= 0.3 is 0 Å². The second kappa shape index (κ2) is 5.69. The lowest BCUT2D eigenvalue weighted by Gasteiger charge is -2.22. The van der Waals surface area contributed by atoms with E-state index in [0.717, 1.165) is 0 Å². The Hall–Kier alpha value is -3.96. The first kappa shape index (κ1) is 17.6. The van der Waals surface area contributed by atoms with Crippen molar-refractivity contribution in [3.8, 4) is 0 Å². The van der Waals surface area contributed by atoms with E-state index >= 15 is 0 Å². The maximum absolute atomic E-state index is 4.38. The molecule has 0 amide bonds. The minimum Gasteiger partial charge on any atom is -0.315 e. The van der Waals surface area contributed by atoms with Crippen molar-refractivity contribution in [1.82, 2.24) is 18.8 Å². The number of nitrogens with zero attached hydrogens (tertiary/aromatic N) is 4. The van der Waals surface area contributed by atoms with Crippen LogP contribution in [0.3, 0.4) is 0 Å². The van der Waals surface area contributed by atoms with Crippen LogP contribution in [0, 0.1) is 0 Å². The van der Waals surface area contributed by atoms with E-state index in [2.05, 4.69) is 92.8 Å². The highest BCUT2D eigenvalue weighted by Gasteiger charge is 2.34. The van der Waals surface area contributed by atoms with Gasteiger partial charge in [-0.3, -0.25) is 9.97 Å². The third-order valence-corrected chi connectivity index (χ3v) is 11.2. The first-order valence-electron chi connectivity index (χ1n) is 11.3. The Morgan fingerprint density at radius 2 is 1.03 bits per heavy atom. The summed E-state index contributed by atoms with van der Waals surface area (Å²) in [6.07, 6.45) is 12.6. The van der Waals surface area contributed by atoms with Crippen LogP contribution in [-0.4, -0.2) is 26.8 Å². The molecule has 0 bridgehead atoms. The third kappa shape index (κ3) is 1.98. The Bertz CT molecular complexity index is 1870. The highest BCUT2D eigenvalue weighted by Crippen LogP contribution is 2.35. The summed E-state index contributed by atoms with van der Waals surface area (Å²) >= 11 is 0. The third-order valence-electron chi connectivity index (χ3n) is 7.69. The molecular weight excluding hydrogens is 420 g/mol. The molecule has 0 saturated carbocycles. The van der Waals surface area contributed by atoms with Crippen molar-refractivity contribution >= 4 is 72.8 Å². The van der Waals surface area contributed by atoms with Gasteiger partial charge in [0.2, 0.25) is 0 Å². The number of rotatable bonds is 2. The fraction of sp³-hybridized carbons (Fsp3) is 0.0714. The fourth-order valence-electron chi connectivity index (χ4n) is 6.13. The van der Waals surface area contributed by atoms with E-state index in [4.69, 9.17) is 0 Å². The van der Waals surface area contributed by atoms with E-state index in [1.165, 1.54) is 64.8 Å². The molecular formula is C28H20N4Si. The van der Waals surface area contributed by atoms with Crippen LogP contribution in [0.25, 0.3) is 54.4 Å². The molecule has 0 fully saturated rings. The smallest absolute Gasteiger partial charge is 0.117 e. The molecule has 6 heterocycles. The van der Waals surface area contributed by atoms with Gasteiger partial charge in [-0.2, -0.15) is 0 Å². The first-order valence-corrected chi connectivity index (χ1v) is 14.3. The van der Waals surface area contributed by atoms with Crippen molar-refractivity contribution in [2.75, 3.05) is 0 Å². The summed E-state index contributed by atoms with van der Waals surface area (Å²) in [5.41, 5.74) is 5.12. The Labute approximate surface area is 190 Å². The molecule has 2 aromatic carbocycles. The van der Waals surface area contributed by atoms with E-state index in [0.29, 0.717) is 0 Å². The molecule has 0 saturated heterocycles. The Kier molecular flexibility index (Phi) is 3.03. The Balaban J connectivity index is 1.48. The number of para-hydroxylation sites is 2. The molecule has 8 aromatic rings. The minimum atomic E-state index is -2.04. The molecule has 0 aliphatic carbocycles. The van der Waals surface area contributed by atoms with Crippen molar-refractivity contribution in [2.45, 2.75) is 13.1 Å². The summed E-state index contributed by atoms with van der Waals surface area (Å²) in [4.78, 5) is 8.77. The van der Waals surface area contributed by atoms with E-state index < -0.39 is 8.07 Å². The predicted octanol–water partition coefficient (Wildman–Crippen LogP) is 5.29. The number of fused-ring (bicyclic) bond motifs is 6. The topological polar surface area (TPSA) is 34.6 Å². The SMILES string of the molecule is C[Si](C)(c1cn2c3ccncc3c3cccc1c32)c1cn2c3ccncc3c3cccc1c32. The molecule has 0 unspecified atom stereocenters. The zero-order valence-electron chi connectivity index (χ0n) is 18.4. The Morgan fingerprint density at radius 1 is 0.576 bits per heavy atom. The number of benzene rings is 2. The molecule has 5 heteroatoms. The van der Waals surface area contributed by atoms with Gasteiger partial charge in [0.05, 0.1) is 22.1 Å². The van der Waals surface area contributed by atoms with Crippen LogP contribution >= 0.6 is 0 Å². The van der Waals surface area contributed by atoms with E-state index in [1.54, 1.807) is 0 Å². The lowest BCUT2D eigenvalue weighted by Crippen LogP contribution is -2.52. The van der Waals surface area contributed by atoms with Gasteiger partial charge in [0.1, 0.15) is 8.07 Å². The average molecular weight is 441 g/mol. The fourth-order valence-corrected chi connectivity index (χ4v) is 9.08. The summed E-state index contributed by atoms with van der Waals surface area (Å²) in [6.45, 7) is 4.99. The molecule has 0 spiro atoms. The zero-order chi connectivity index (χ0) is 21.9. The van der Waals surface area contributed by atoms with Gasteiger partial charge in [-0.1, -0.05) is 49.5 Å². The number of hydrogen-bond donors (Lipinski definition) is 0. The molecule has 0 aliphatic heterocycles. The molecule has 0 N–H and O–H groups in total. The van der Waals surface area contributed by atoms with Crippen LogP contribution in [0.4, 0.5) is 0 Å². The highest BCUT2D eigenvalue weighted by atomic mass is 28.3. The van der Waals surface area contributed by atoms with Gasteiger partial charge in [-0.15, -0.1) is 0 Å².